The first kappa shape index (κ1) is 9.46. The molecule has 1 fully saturated rings. The Labute approximate surface area is 82.3 Å². The van der Waals surface area contributed by atoms with Crippen molar-refractivity contribution in [2.45, 2.75) is 19.3 Å². The summed E-state index contributed by atoms with van der Waals surface area (Å²) < 4.78 is 18.3. The Kier molecular flexibility index (Phi) is 2.42. The number of rotatable bonds is 1. The van der Waals surface area contributed by atoms with Crippen LogP contribution in [-0.4, -0.2) is 18.3 Å². The lowest BCUT2D eigenvalue weighted by molar-refractivity contribution is 0.193. The number of aryl methyl sites for hydroxylation is 1. The fraction of sp³-hybridized carbons (Fsp3) is 0.455. The van der Waals surface area contributed by atoms with Crippen molar-refractivity contribution in [3.63, 3.8) is 0 Å². The van der Waals surface area contributed by atoms with Crippen LogP contribution in [0.2, 0.25) is 0 Å². The summed E-state index contributed by atoms with van der Waals surface area (Å²) in [6.07, 6.45) is 0.858. The number of benzene rings is 1. The van der Waals surface area contributed by atoms with E-state index in [1.54, 1.807) is 6.92 Å². The van der Waals surface area contributed by atoms with Crippen molar-refractivity contribution in [3.8, 4) is 5.75 Å². The van der Waals surface area contributed by atoms with E-state index in [0.29, 0.717) is 24.3 Å². The van der Waals surface area contributed by atoms with Crippen molar-refractivity contribution in [2.24, 2.45) is 0 Å². The second-order valence-corrected chi connectivity index (χ2v) is 3.72. The first-order valence-electron chi connectivity index (χ1n) is 4.75. The van der Waals surface area contributed by atoms with E-state index >= 15 is 0 Å². The standard InChI is InChI=1S/C11H13FO2/c1-7-4-9(12)5-10(11(7)13)8-2-3-14-6-8/h4-5,8,13H,2-3,6H2,1H3. The molecule has 2 rings (SSSR count). The SMILES string of the molecule is Cc1cc(F)cc(C2CCOC2)c1O. The Morgan fingerprint density at radius 1 is 1.50 bits per heavy atom. The maximum absolute atomic E-state index is 13.1. The Morgan fingerprint density at radius 3 is 2.93 bits per heavy atom. The molecular weight excluding hydrogens is 183 g/mol. The fourth-order valence-corrected chi connectivity index (χ4v) is 1.85. The van der Waals surface area contributed by atoms with E-state index in [4.69, 9.17) is 4.74 Å². The van der Waals surface area contributed by atoms with Gasteiger partial charge in [-0.2, -0.15) is 0 Å². The van der Waals surface area contributed by atoms with Gasteiger partial charge in [0.2, 0.25) is 0 Å². The van der Waals surface area contributed by atoms with Gasteiger partial charge in [0.05, 0.1) is 6.61 Å². The highest BCUT2D eigenvalue weighted by Gasteiger charge is 2.22. The van der Waals surface area contributed by atoms with Crippen molar-refractivity contribution in [3.05, 3.63) is 29.1 Å². The molecule has 1 aliphatic heterocycles. The van der Waals surface area contributed by atoms with Crippen molar-refractivity contribution in [1.29, 1.82) is 0 Å². The molecule has 1 N–H and O–H groups in total. The van der Waals surface area contributed by atoms with Gasteiger partial charge in [0.25, 0.3) is 0 Å². The molecule has 0 bridgehead atoms. The summed E-state index contributed by atoms with van der Waals surface area (Å²) in [5, 5.41) is 9.76. The second-order valence-electron chi connectivity index (χ2n) is 3.72. The predicted molar refractivity (Wildman–Crippen MR) is 51.0 cm³/mol. The van der Waals surface area contributed by atoms with Crippen LogP contribution in [0.3, 0.4) is 0 Å². The van der Waals surface area contributed by atoms with E-state index in [2.05, 4.69) is 0 Å². The molecule has 1 saturated heterocycles. The molecule has 1 aromatic carbocycles. The normalized spacial score (nSPS) is 21.4. The minimum Gasteiger partial charge on any atom is -0.507 e. The minimum absolute atomic E-state index is 0.143. The molecular formula is C11H13FO2. The van der Waals surface area contributed by atoms with Gasteiger partial charge in [0.1, 0.15) is 11.6 Å². The third-order valence-electron chi connectivity index (χ3n) is 2.66. The van der Waals surface area contributed by atoms with Gasteiger partial charge in [0, 0.05) is 18.1 Å². The zero-order chi connectivity index (χ0) is 10.1. The van der Waals surface area contributed by atoms with Crippen molar-refractivity contribution >= 4 is 0 Å². The van der Waals surface area contributed by atoms with Crippen LogP contribution in [0.1, 0.15) is 23.5 Å². The molecule has 0 aromatic heterocycles. The van der Waals surface area contributed by atoms with E-state index in [-0.39, 0.29) is 17.5 Å². The summed E-state index contributed by atoms with van der Waals surface area (Å²) in [4.78, 5) is 0. The minimum atomic E-state index is -0.290. The monoisotopic (exact) mass is 196 g/mol. The molecule has 1 atom stereocenters. The molecule has 0 radical (unpaired) electrons. The van der Waals surface area contributed by atoms with E-state index < -0.39 is 0 Å². The van der Waals surface area contributed by atoms with Crippen LogP contribution in [0.4, 0.5) is 4.39 Å². The number of hydrogen-bond donors (Lipinski definition) is 1. The average molecular weight is 196 g/mol. The van der Waals surface area contributed by atoms with Gasteiger partial charge in [-0.1, -0.05) is 0 Å². The Hall–Kier alpha value is -1.09. The molecule has 2 nitrogen and oxygen atoms in total. The summed E-state index contributed by atoms with van der Waals surface area (Å²) in [5.41, 5.74) is 1.27. The van der Waals surface area contributed by atoms with Crippen LogP contribution in [0, 0.1) is 12.7 Å². The van der Waals surface area contributed by atoms with Crippen molar-refractivity contribution in [1.82, 2.24) is 0 Å². The van der Waals surface area contributed by atoms with E-state index in [1.165, 1.54) is 12.1 Å². The van der Waals surface area contributed by atoms with Crippen LogP contribution in [0.25, 0.3) is 0 Å². The summed E-state index contributed by atoms with van der Waals surface area (Å²) in [6.45, 7) is 2.98. The molecule has 76 valence electrons. The zero-order valence-corrected chi connectivity index (χ0v) is 8.09. The van der Waals surface area contributed by atoms with Gasteiger partial charge >= 0.3 is 0 Å². The van der Waals surface area contributed by atoms with Gasteiger partial charge in [-0.15, -0.1) is 0 Å². The summed E-state index contributed by atoms with van der Waals surface area (Å²) in [7, 11) is 0. The summed E-state index contributed by atoms with van der Waals surface area (Å²) >= 11 is 0. The molecule has 0 spiro atoms. The summed E-state index contributed by atoms with van der Waals surface area (Å²) in [5.74, 6) is 0.0634. The van der Waals surface area contributed by atoms with Crippen LogP contribution in [-0.2, 0) is 4.74 Å². The van der Waals surface area contributed by atoms with Crippen LogP contribution in [0.15, 0.2) is 12.1 Å². The third-order valence-corrected chi connectivity index (χ3v) is 2.66. The van der Waals surface area contributed by atoms with Gasteiger partial charge in [-0.05, 0) is 31.0 Å². The molecule has 0 aliphatic carbocycles. The molecule has 1 unspecified atom stereocenters. The van der Waals surface area contributed by atoms with E-state index in [0.717, 1.165) is 6.42 Å². The van der Waals surface area contributed by atoms with Crippen LogP contribution in [0.5, 0.6) is 5.75 Å². The molecule has 0 saturated carbocycles. The van der Waals surface area contributed by atoms with E-state index in [9.17, 15) is 9.50 Å². The number of halogens is 1. The lowest BCUT2D eigenvalue weighted by Gasteiger charge is -2.12. The lowest BCUT2D eigenvalue weighted by atomic mass is 9.95. The van der Waals surface area contributed by atoms with Crippen LogP contribution >= 0.6 is 0 Å². The summed E-state index contributed by atoms with van der Waals surface area (Å²) in [6, 6.07) is 2.75. The number of aromatic hydroxyl groups is 1. The molecule has 14 heavy (non-hydrogen) atoms. The number of phenols is 1. The zero-order valence-electron chi connectivity index (χ0n) is 8.09. The van der Waals surface area contributed by atoms with Gasteiger partial charge in [-0.25, -0.2) is 4.39 Å². The first-order chi connectivity index (χ1) is 6.68. The topological polar surface area (TPSA) is 29.5 Å². The highest BCUT2D eigenvalue weighted by molar-refractivity contribution is 5.42. The number of hydrogen-bond acceptors (Lipinski definition) is 2. The third kappa shape index (κ3) is 1.60. The Bertz CT molecular complexity index is 343. The van der Waals surface area contributed by atoms with Crippen LogP contribution < -0.4 is 0 Å². The predicted octanol–water partition coefficient (Wildman–Crippen LogP) is 2.34. The largest absolute Gasteiger partial charge is 0.507 e. The quantitative estimate of drug-likeness (QED) is 0.747. The highest BCUT2D eigenvalue weighted by atomic mass is 19.1. The smallest absolute Gasteiger partial charge is 0.124 e. The Morgan fingerprint density at radius 2 is 2.29 bits per heavy atom. The maximum Gasteiger partial charge on any atom is 0.124 e. The molecule has 3 heteroatoms. The van der Waals surface area contributed by atoms with Gasteiger partial charge in [0.15, 0.2) is 0 Å². The number of ether oxygens (including phenoxy) is 1. The van der Waals surface area contributed by atoms with Crippen molar-refractivity contribution < 1.29 is 14.2 Å². The maximum atomic E-state index is 13.1. The van der Waals surface area contributed by atoms with E-state index in [1.807, 2.05) is 0 Å². The fourth-order valence-electron chi connectivity index (χ4n) is 1.85. The lowest BCUT2D eigenvalue weighted by Crippen LogP contribution is -1.99. The molecule has 1 aliphatic rings. The van der Waals surface area contributed by atoms with Gasteiger partial charge < -0.3 is 9.84 Å². The highest BCUT2D eigenvalue weighted by Crippen LogP contribution is 2.34. The van der Waals surface area contributed by atoms with Crippen molar-refractivity contribution in [2.75, 3.05) is 13.2 Å². The average Bonchev–Trinajstić information content (AvgIpc) is 2.63. The second kappa shape index (κ2) is 3.58. The first-order valence-corrected chi connectivity index (χ1v) is 4.75. The molecule has 0 amide bonds. The number of phenolic OH excluding ortho intramolecular Hbond substituents is 1. The molecule has 1 aromatic rings. The molecule has 1 heterocycles. The Balaban J connectivity index is 2.40. The van der Waals surface area contributed by atoms with Gasteiger partial charge in [-0.3, -0.25) is 0 Å².